The number of ether oxygens (including phenoxy) is 1. The van der Waals surface area contributed by atoms with Gasteiger partial charge in [-0.2, -0.15) is 0 Å². The van der Waals surface area contributed by atoms with E-state index in [2.05, 4.69) is 13.8 Å². The van der Waals surface area contributed by atoms with E-state index < -0.39 is 5.82 Å². The summed E-state index contributed by atoms with van der Waals surface area (Å²) in [7, 11) is 0. The second-order valence-corrected chi connectivity index (χ2v) is 6.43. The Kier molecular flexibility index (Phi) is 4.09. The fraction of sp³-hybridized carbons (Fsp3) is 0.533. The van der Waals surface area contributed by atoms with Crippen LogP contribution in [0.1, 0.15) is 45.1 Å². The van der Waals surface area contributed by atoms with Gasteiger partial charge in [-0.3, -0.25) is 0 Å². The summed E-state index contributed by atoms with van der Waals surface area (Å²) >= 11 is 4.82. The van der Waals surface area contributed by atoms with Crippen LogP contribution in [-0.4, -0.2) is 11.1 Å². The molecule has 1 aromatic carbocycles. The van der Waals surface area contributed by atoms with Crippen molar-refractivity contribution in [3.8, 4) is 5.75 Å². The number of rotatable bonds is 3. The summed E-state index contributed by atoms with van der Waals surface area (Å²) in [6.07, 6.45) is 4.29. The second kappa shape index (κ2) is 5.45. The Morgan fingerprint density at radius 1 is 1.37 bits per heavy atom. The van der Waals surface area contributed by atoms with Crippen LogP contribution in [0.2, 0.25) is 0 Å². The van der Waals surface area contributed by atoms with Crippen molar-refractivity contribution in [2.24, 2.45) is 11.1 Å². The van der Waals surface area contributed by atoms with Crippen LogP contribution in [0.15, 0.2) is 18.2 Å². The quantitative estimate of drug-likeness (QED) is 0.856. The number of thiocarbonyl (C=S) groups is 1. The Hall–Kier alpha value is -1.16. The zero-order valence-corrected chi connectivity index (χ0v) is 12.2. The monoisotopic (exact) mass is 281 g/mol. The van der Waals surface area contributed by atoms with Gasteiger partial charge in [0, 0.05) is 5.56 Å². The molecule has 2 rings (SSSR count). The maximum absolute atomic E-state index is 13.9. The third-order valence-corrected chi connectivity index (χ3v) is 4.03. The van der Waals surface area contributed by atoms with Crippen LogP contribution >= 0.6 is 12.2 Å². The molecular weight excluding hydrogens is 261 g/mol. The Balaban J connectivity index is 2.02. The highest BCUT2D eigenvalue weighted by Crippen LogP contribution is 2.36. The van der Waals surface area contributed by atoms with E-state index in [9.17, 15) is 4.39 Å². The predicted octanol–water partition coefficient (Wildman–Crippen LogP) is 3.81. The van der Waals surface area contributed by atoms with Crippen molar-refractivity contribution < 1.29 is 9.13 Å². The average molecular weight is 281 g/mol. The minimum atomic E-state index is -0.393. The first-order valence-electron chi connectivity index (χ1n) is 6.63. The normalized spacial score (nSPS) is 19.1. The maximum Gasteiger partial charge on any atom is 0.165 e. The van der Waals surface area contributed by atoms with Crippen molar-refractivity contribution in [3.63, 3.8) is 0 Å². The van der Waals surface area contributed by atoms with Crippen LogP contribution < -0.4 is 10.5 Å². The zero-order valence-electron chi connectivity index (χ0n) is 11.4. The number of hydrogen-bond acceptors (Lipinski definition) is 2. The van der Waals surface area contributed by atoms with Crippen LogP contribution in [0.4, 0.5) is 4.39 Å². The minimum Gasteiger partial charge on any atom is -0.487 e. The summed E-state index contributed by atoms with van der Waals surface area (Å²) in [6, 6.07) is 4.65. The van der Waals surface area contributed by atoms with Crippen molar-refractivity contribution in [2.75, 3.05) is 0 Å². The van der Waals surface area contributed by atoms with Crippen LogP contribution in [0, 0.1) is 11.2 Å². The average Bonchev–Trinajstić information content (AvgIpc) is 2.34. The molecule has 0 unspecified atom stereocenters. The molecule has 0 atom stereocenters. The molecule has 104 valence electrons. The Morgan fingerprint density at radius 3 is 2.53 bits per heavy atom. The molecule has 0 spiro atoms. The van der Waals surface area contributed by atoms with Crippen LogP contribution in [0.25, 0.3) is 0 Å². The number of nitrogens with two attached hydrogens (primary N) is 1. The summed E-state index contributed by atoms with van der Waals surface area (Å²) in [5.41, 5.74) is 6.39. The molecule has 4 heteroatoms. The van der Waals surface area contributed by atoms with Gasteiger partial charge in [0.1, 0.15) is 4.99 Å². The standard InChI is InChI=1S/C15H20FNOS/c1-15(2)7-5-11(6-8-15)18-13-4-3-10(14(17)19)9-12(13)16/h3-4,9,11H,5-8H2,1-2H3,(H2,17,19). The molecular formula is C15H20FNOS. The van der Waals surface area contributed by atoms with E-state index >= 15 is 0 Å². The third kappa shape index (κ3) is 3.66. The van der Waals surface area contributed by atoms with Crippen molar-refractivity contribution >= 4 is 17.2 Å². The van der Waals surface area contributed by atoms with Gasteiger partial charge in [-0.05, 0) is 49.3 Å². The van der Waals surface area contributed by atoms with Gasteiger partial charge in [0.15, 0.2) is 11.6 Å². The topological polar surface area (TPSA) is 35.2 Å². The first-order valence-corrected chi connectivity index (χ1v) is 7.04. The van der Waals surface area contributed by atoms with E-state index in [1.165, 1.54) is 6.07 Å². The molecule has 1 aromatic rings. The Bertz CT molecular complexity index is 477. The van der Waals surface area contributed by atoms with Gasteiger partial charge >= 0.3 is 0 Å². The number of benzene rings is 1. The molecule has 1 saturated carbocycles. The summed E-state index contributed by atoms with van der Waals surface area (Å²) in [5.74, 6) is -0.0974. The minimum absolute atomic E-state index is 0.109. The summed E-state index contributed by atoms with van der Waals surface area (Å²) in [6.45, 7) is 4.53. The molecule has 1 aliphatic carbocycles. The molecule has 0 bridgehead atoms. The predicted molar refractivity (Wildman–Crippen MR) is 79.0 cm³/mol. The van der Waals surface area contributed by atoms with Gasteiger partial charge in [0.2, 0.25) is 0 Å². The second-order valence-electron chi connectivity index (χ2n) is 5.99. The lowest BCUT2D eigenvalue weighted by molar-refractivity contribution is 0.0953. The van der Waals surface area contributed by atoms with Crippen molar-refractivity contribution in [1.29, 1.82) is 0 Å². The molecule has 1 fully saturated rings. The van der Waals surface area contributed by atoms with Gasteiger partial charge in [-0.15, -0.1) is 0 Å². The van der Waals surface area contributed by atoms with Gasteiger partial charge in [0.05, 0.1) is 6.10 Å². The Labute approximate surface area is 119 Å². The van der Waals surface area contributed by atoms with Crippen LogP contribution in [0.3, 0.4) is 0 Å². The summed E-state index contributed by atoms with van der Waals surface area (Å²) in [5, 5.41) is 0. The van der Waals surface area contributed by atoms with Crippen LogP contribution in [0.5, 0.6) is 5.75 Å². The van der Waals surface area contributed by atoms with Crippen molar-refractivity contribution in [3.05, 3.63) is 29.6 Å². The lowest BCUT2D eigenvalue weighted by Gasteiger charge is -2.34. The first kappa shape index (κ1) is 14.3. The van der Waals surface area contributed by atoms with Gasteiger partial charge in [-0.1, -0.05) is 26.1 Å². The summed E-state index contributed by atoms with van der Waals surface area (Å²) < 4.78 is 19.6. The zero-order chi connectivity index (χ0) is 14.0. The van der Waals surface area contributed by atoms with E-state index in [4.69, 9.17) is 22.7 Å². The van der Waals surface area contributed by atoms with E-state index in [-0.39, 0.29) is 11.1 Å². The number of hydrogen-bond donors (Lipinski definition) is 1. The Morgan fingerprint density at radius 2 is 2.00 bits per heavy atom. The fourth-order valence-corrected chi connectivity index (χ4v) is 2.55. The van der Waals surface area contributed by atoms with E-state index in [0.29, 0.717) is 16.7 Å². The van der Waals surface area contributed by atoms with Crippen molar-refractivity contribution in [2.45, 2.75) is 45.6 Å². The molecule has 19 heavy (non-hydrogen) atoms. The first-order chi connectivity index (χ1) is 8.87. The molecule has 2 nitrogen and oxygen atoms in total. The van der Waals surface area contributed by atoms with Crippen molar-refractivity contribution in [1.82, 2.24) is 0 Å². The third-order valence-electron chi connectivity index (χ3n) is 3.80. The smallest absolute Gasteiger partial charge is 0.165 e. The molecule has 0 heterocycles. The fourth-order valence-electron chi connectivity index (χ4n) is 2.42. The van der Waals surface area contributed by atoms with Crippen LogP contribution in [-0.2, 0) is 0 Å². The highest BCUT2D eigenvalue weighted by atomic mass is 32.1. The molecule has 0 aliphatic heterocycles. The highest BCUT2D eigenvalue weighted by molar-refractivity contribution is 7.80. The SMILES string of the molecule is CC1(C)CCC(Oc2ccc(C(N)=S)cc2F)CC1. The van der Waals surface area contributed by atoms with E-state index in [0.717, 1.165) is 25.7 Å². The number of halogens is 1. The van der Waals surface area contributed by atoms with Gasteiger partial charge in [0.25, 0.3) is 0 Å². The molecule has 0 amide bonds. The van der Waals surface area contributed by atoms with E-state index in [1.807, 2.05) is 0 Å². The maximum atomic E-state index is 13.9. The lowest BCUT2D eigenvalue weighted by Crippen LogP contribution is -2.28. The molecule has 2 N–H and O–H groups in total. The molecule has 1 aliphatic rings. The molecule has 0 saturated heterocycles. The lowest BCUT2D eigenvalue weighted by atomic mass is 9.76. The van der Waals surface area contributed by atoms with Gasteiger partial charge in [-0.25, -0.2) is 4.39 Å². The largest absolute Gasteiger partial charge is 0.487 e. The molecule has 0 radical (unpaired) electrons. The molecule has 0 aromatic heterocycles. The summed E-state index contributed by atoms with van der Waals surface area (Å²) in [4.78, 5) is 0.199. The van der Waals surface area contributed by atoms with E-state index in [1.54, 1.807) is 12.1 Å². The highest BCUT2D eigenvalue weighted by Gasteiger charge is 2.28. The van der Waals surface area contributed by atoms with Gasteiger partial charge < -0.3 is 10.5 Å².